The molecule has 1 aliphatic rings. The van der Waals surface area contributed by atoms with Crippen molar-refractivity contribution in [1.82, 2.24) is 15.1 Å². The van der Waals surface area contributed by atoms with Crippen molar-refractivity contribution in [3.63, 3.8) is 0 Å². The zero-order chi connectivity index (χ0) is 23.2. The molecule has 0 saturated heterocycles. The van der Waals surface area contributed by atoms with E-state index in [0.717, 1.165) is 48.2 Å². The molecule has 1 N–H and O–H groups in total. The minimum absolute atomic E-state index is 0.0830. The minimum Gasteiger partial charge on any atom is -0.496 e. The Morgan fingerprint density at radius 3 is 2.61 bits per heavy atom. The van der Waals surface area contributed by atoms with Crippen molar-refractivity contribution in [3.8, 4) is 28.8 Å². The predicted octanol–water partition coefficient (Wildman–Crippen LogP) is 5.21. The first-order valence-electron chi connectivity index (χ1n) is 11.3. The maximum absolute atomic E-state index is 12.9. The van der Waals surface area contributed by atoms with Gasteiger partial charge in [0.15, 0.2) is 0 Å². The lowest BCUT2D eigenvalue weighted by molar-refractivity contribution is -0.117. The van der Waals surface area contributed by atoms with E-state index in [0.29, 0.717) is 11.3 Å². The molecule has 1 fully saturated rings. The van der Waals surface area contributed by atoms with Gasteiger partial charge >= 0.3 is 0 Å². The Kier molecular flexibility index (Phi) is 6.89. The lowest BCUT2D eigenvalue weighted by Gasteiger charge is -2.22. The monoisotopic (exact) mass is 440 g/mol. The standard InChI is InChI=1S/C27H28N4O2/c1-19-15-20(13-14-25(19)33-2)26-22(18-31(30-26)24-11-7-4-8-12-24)16-21(17-28)27(32)29-23-9-5-3-6-10-23/h4,7-8,11-16,18,23H,3,5-6,9-10H2,1-2H3,(H,29,32)/b21-16-. The molecule has 1 saturated carbocycles. The number of rotatable bonds is 6. The molecule has 1 amide bonds. The number of carbonyl (C=O) groups is 1. The Bertz CT molecular complexity index is 1200. The number of hydrogen-bond donors (Lipinski definition) is 1. The van der Waals surface area contributed by atoms with E-state index in [4.69, 9.17) is 9.84 Å². The highest BCUT2D eigenvalue weighted by Gasteiger charge is 2.20. The van der Waals surface area contributed by atoms with Crippen LogP contribution in [0.4, 0.5) is 0 Å². The number of amides is 1. The average Bonchev–Trinajstić information content (AvgIpc) is 3.27. The summed E-state index contributed by atoms with van der Waals surface area (Å²) in [6.07, 6.45) is 8.85. The molecule has 168 valence electrons. The van der Waals surface area contributed by atoms with E-state index in [1.165, 1.54) is 6.42 Å². The van der Waals surface area contributed by atoms with Crippen LogP contribution in [0.2, 0.25) is 0 Å². The van der Waals surface area contributed by atoms with Crippen molar-refractivity contribution >= 4 is 12.0 Å². The number of methoxy groups -OCH3 is 1. The molecular weight excluding hydrogens is 412 g/mol. The largest absolute Gasteiger partial charge is 0.496 e. The van der Waals surface area contributed by atoms with E-state index in [1.807, 2.05) is 61.7 Å². The third-order valence-corrected chi connectivity index (χ3v) is 6.04. The van der Waals surface area contributed by atoms with Gasteiger partial charge in [0, 0.05) is 23.4 Å². The van der Waals surface area contributed by atoms with E-state index in [1.54, 1.807) is 17.9 Å². The molecule has 0 unspecified atom stereocenters. The van der Waals surface area contributed by atoms with Gasteiger partial charge in [0.1, 0.15) is 23.1 Å². The number of ether oxygens (including phenoxy) is 1. The van der Waals surface area contributed by atoms with Crippen molar-refractivity contribution in [2.24, 2.45) is 0 Å². The quantitative estimate of drug-likeness (QED) is 0.421. The van der Waals surface area contributed by atoms with Crippen LogP contribution in [0.3, 0.4) is 0 Å². The van der Waals surface area contributed by atoms with Crippen molar-refractivity contribution in [2.45, 2.75) is 45.1 Å². The minimum atomic E-state index is -0.325. The highest BCUT2D eigenvalue weighted by molar-refractivity contribution is 6.02. The van der Waals surface area contributed by atoms with Crippen molar-refractivity contribution < 1.29 is 9.53 Å². The highest BCUT2D eigenvalue weighted by Crippen LogP contribution is 2.30. The highest BCUT2D eigenvalue weighted by atomic mass is 16.5. The maximum Gasteiger partial charge on any atom is 0.262 e. The second kappa shape index (κ2) is 10.2. The van der Waals surface area contributed by atoms with Crippen LogP contribution in [0, 0.1) is 18.3 Å². The number of nitrogens with zero attached hydrogens (tertiary/aromatic N) is 3. The fraction of sp³-hybridized carbons (Fsp3) is 0.296. The average molecular weight is 441 g/mol. The fourth-order valence-corrected chi connectivity index (χ4v) is 4.27. The molecule has 1 aliphatic carbocycles. The molecule has 6 heteroatoms. The molecule has 0 bridgehead atoms. The Morgan fingerprint density at radius 2 is 1.94 bits per heavy atom. The Hall–Kier alpha value is -3.85. The summed E-state index contributed by atoms with van der Waals surface area (Å²) in [6, 6.07) is 17.8. The summed E-state index contributed by atoms with van der Waals surface area (Å²) in [6.45, 7) is 1.98. The zero-order valence-corrected chi connectivity index (χ0v) is 19.0. The van der Waals surface area contributed by atoms with Gasteiger partial charge in [-0.15, -0.1) is 0 Å². The maximum atomic E-state index is 12.9. The van der Waals surface area contributed by atoms with Gasteiger partial charge in [-0.05, 0) is 61.7 Å². The topological polar surface area (TPSA) is 79.9 Å². The lowest BCUT2D eigenvalue weighted by Crippen LogP contribution is -2.36. The summed E-state index contributed by atoms with van der Waals surface area (Å²) in [4.78, 5) is 12.9. The van der Waals surface area contributed by atoms with Crippen molar-refractivity contribution in [1.29, 1.82) is 5.26 Å². The number of carbonyl (C=O) groups excluding carboxylic acids is 1. The number of aromatic nitrogens is 2. The molecule has 33 heavy (non-hydrogen) atoms. The Morgan fingerprint density at radius 1 is 1.18 bits per heavy atom. The van der Waals surface area contributed by atoms with E-state index in [-0.39, 0.29) is 17.5 Å². The summed E-state index contributed by atoms with van der Waals surface area (Å²) in [7, 11) is 1.64. The molecule has 1 aromatic heterocycles. The first-order chi connectivity index (χ1) is 16.1. The van der Waals surface area contributed by atoms with Crippen LogP contribution in [-0.4, -0.2) is 28.8 Å². The van der Waals surface area contributed by atoms with Gasteiger partial charge in [-0.3, -0.25) is 4.79 Å². The Labute approximate surface area is 194 Å². The number of aryl methyl sites for hydroxylation is 1. The number of nitrogens with one attached hydrogen (secondary N) is 1. The fourth-order valence-electron chi connectivity index (χ4n) is 4.27. The molecule has 0 atom stereocenters. The summed E-state index contributed by atoms with van der Waals surface area (Å²) < 4.78 is 7.17. The van der Waals surface area contributed by atoms with Crippen LogP contribution >= 0.6 is 0 Å². The molecule has 3 aromatic rings. The Balaban J connectivity index is 1.73. The zero-order valence-electron chi connectivity index (χ0n) is 19.0. The van der Waals surface area contributed by atoms with E-state index >= 15 is 0 Å². The molecule has 0 radical (unpaired) electrons. The third-order valence-electron chi connectivity index (χ3n) is 6.04. The second-order valence-corrected chi connectivity index (χ2v) is 8.38. The SMILES string of the molecule is COc1ccc(-c2nn(-c3ccccc3)cc2/C=C(/C#N)C(=O)NC2CCCCC2)cc1C. The van der Waals surface area contributed by atoms with Crippen LogP contribution in [0.25, 0.3) is 23.0 Å². The van der Waals surface area contributed by atoms with Crippen LogP contribution < -0.4 is 10.1 Å². The van der Waals surface area contributed by atoms with Crippen LogP contribution in [0.1, 0.15) is 43.2 Å². The van der Waals surface area contributed by atoms with Gasteiger partial charge in [0.2, 0.25) is 0 Å². The van der Waals surface area contributed by atoms with Gasteiger partial charge in [-0.1, -0.05) is 37.5 Å². The summed E-state index contributed by atoms with van der Waals surface area (Å²) in [5.41, 5.74) is 4.25. The first-order valence-corrected chi connectivity index (χ1v) is 11.3. The molecule has 6 nitrogen and oxygen atoms in total. The first kappa shape index (κ1) is 22.3. The van der Waals surface area contributed by atoms with Gasteiger partial charge in [0.25, 0.3) is 5.91 Å². The normalized spacial score (nSPS) is 14.5. The molecule has 2 aromatic carbocycles. The van der Waals surface area contributed by atoms with E-state index in [2.05, 4.69) is 11.4 Å². The smallest absolute Gasteiger partial charge is 0.262 e. The molecule has 0 aliphatic heterocycles. The van der Waals surface area contributed by atoms with Gasteiger partial charge in [0.05, 0.1) is 12.8 Å². The van der Waals surface area contributed by atoms with Crippen LogP contribution in [-0.2, 0) is 4.79 Å². The third kappa shape index (κ3) is 5.15. The number of nitriles is 1. The van der Waals surface area contributed by atoms with Gasteiger partial charge in [-0.2, -0.15) is 10.4 Å². The summed E-state index contributed by atoms with van der Waals surface area (Å²) >= 11 is 0. The van der Waals surface area contributed by atoms with Crippen molar-refractivity contribution in [3.05, 3.63) is 71.4 Å². The van der Waals surface area contributed by atoms with E-state index < -0.39 is 0 Å². The second-order valence-electron chi connectivity index (χ2n) is 8.38. The molecule has 4 rings (SSSR count). The van der Waals surface area contributed by atoms with Gasteiger partial charge in [-0.25, -0.2) is 4.68 Å². The van der Waals surface area contributed by atoms with Gasteiger partial charge < -0.3 is 10.1 Å². The summed E-state index contributed by atoms with van der Waals surface area (Å²) in [5.74, 6) is 0.469. The lowest BCUT2D eigenvalue weighted by atomic mass is 9.95. The number of hydrogen-bond acceptors (Lipinski definition) is 4. The summed E-state index contributed by atoms with van der Waals surface area (Å²) in [5, 5.41) is 17.6. The predicted molar refractivity (Wildman–Crippen MR) is 129 cm³/mol. The molecule has 1 heterocycles. The number of para-hydroxylation sites is 1. The molecular formula is C27H28N4O2. The van der Waals surface area contributed by atoms with Crippen LogP contribution in [0.5, 0.6) is 5.75 Å². The van der Waals surface area contributed by atoms with Crippen LogP contribution in [0.15, 0.2) is 60.3 Å². The van der Waals surface area contributed by atoms with E-state index in [9.17, 15) is 10.1 Å². The molecule has 0 spiro atoms. The van der Waals surface area contributed by atoms with Crippen molar-refractivity contribution in [2.75, 3.05) is 7.11 Å². The number of benzene rings is 2.